The van der Waals surface area contributed by atoms with Crippen LogP contribution in [0.4, 0.5) is 0 Å². The number of tetrazole rings is 1. The Labute approximate surface area is 198 Å². The molecule has 0 aliphatic carbocycles. The number of rotatable bonds is 7. The molecule has 0 saturated carbocycles. The van der Waals surface area contributed by atoms with Gasteiger partial charge in [-0.25, -0.2) is 10.1 Å². The van der Waals surface area contributed by atoms with E-state index in [1.54, 1.807) is 16.8 Å². The zero-order valence-electron chi connectivity index (χ0n) is 17.1. The van der Waals surface area contributed by atoms with E-state index in [0.29, 0.717) is 17.9 Å². The molecule has 160 valence electrons. The minimum Gasteiger partial charge on any atom is -0.489 e. The highest BCUT2D eigenvalue weighted by Crippen LogP contribution is 2.15. The van der Waals surface area contributed by atoms with E-state index in [1.807, 2.05) is 67.6 Å². The van der Waals surface area contributed by atoms with Gasteiger partial charge in [-0.2, -0.15) is 5.10 Å². The van der Waals surface area contributed by atoms with E-state index in [-0.39, 0.29) is 5.91 Å². The molecule has 0 aliphatic rings. The molecule has 32 heavy (non-hydrogen) atoms. The maximum Gasteiger partial charge on any atom is 0.271 e. The molecule has 9 heteroatoms. The Morgan fingerprint density at radius 1 is 1.00 bits per heavy atom. The average Bonchev–Trinajstić information content (AvgIpc) is 3.37. The van der Waals surface area contributed by atoms with Crippen molar-refractivity contribution in [2.24, 2.45) is 5.10 Å². The third-order valence-electron chi connectivity index (χ3n) is 4.66. The minimum atomic E-state index is -0.278. The number of hydrogen-bond donors (Lipinski definition) is 1. The summed E-state index contributed by atoms with van der Waals surface area (Å²) in [5.41, 5.74) is 6.50. The largest absolute Gasteiger partial charge is 0.489 e. The second kappa shape index (κ2) is 10.1. The highest BCUT2D eigenvalue weighted by atomic mass is 127. The summed E-state index contributed by atoms with van der Waals surface area (Å²) in [5, 5.41) is 15.3. The van der Waals surface area contributed by atoms with Crippen LogP contribution in [0.5, 0.6) is 5.75 Å². The second-order valence-electron chi connectivity index (χ2n) is 6.88. The first-order valence-corrected chi connectivity index (χ1v) is 10.8. The highest BCUT2D eigenvalue weighted by Gasteiger charge is 2.06. The van der Waals surface area contributed by atoms with Crippen LogP contribution in [0.2, 0.25) is 0 Å². The summed E-state index contributed by atoms with van der Waals surface area (Å²) in [6.07, 6.45) is 1.52. The molecule has 0 atom stereocenters. The Kier molecular flexibility index (Phi) is 6.85. The van der Waals surface area contributed by atoms with Gasteiger partial charge in [0, 0.05) is 9.13 Å². The summed E-state index contributed by atoms with van der Waals surface area (Å²) >= 11 is 2.25. The first kappa shape index (κ1) is 21.6. The number of aromatic nitrogens is 4. The number of benzene rings is 3. The van der Waals surface area contributed by atoms with Gasteiger partial charge in [-0.1, -0.05) is 24.3 Å². The molecule has 4 aromatic rings. The van der Waals surface area contributed by atoms with E-state index in [0.717, 1.165) is 26.1 Å². The molecule has 1 amide bonds. The number of carbonyl (C=O) groups is 1. The molecular formula is C23H19IN6O2. The number of hydrazone groups is 1. The standard InChI is InChI=1S/C23H19IN6O2/c1-16(18-6-10-21(11-7-18)30-15-25-28-29-30)26-27-23(31)19-4-2-17(3-5-19)14-32-22-12-8-20(24)9-13-22/h2-13,15H,14H2,1H3,(H,27,31)/b26-16+. The second-order valence-corrected chi connectivity index (χ2v) is 8.12. The molecule has 0 unspecified atom stereocenters. The molecule has 0 bridgehead atoms. The molecule has 1 aromatic heterocycles. The molecule has 0 aliphatic heterocycles. The number of halogens is 1. The van der Waals surface area contributed by atoms with E-state index in [2.05, 4.69) is 48.6 Å². The summed E-state index contributed by atoms with van der Waals surface area (Å²) in [5.74, 6) is 0.530. The van der Waals surface area contributed by atoms with Gasteiger partial charge in [-0.15, -0.1) is 5.10 Å². The van der Waals surface area contributed by atoms with Gasteiger partial charge in [-0.3, -0.25) is 4.79 Å². The summed E-state index contributed by atoms with van der Waals surface area (Å²) in [6.45, 7) is 2.26. The number of hydrogen-bond acceptors (Lipinski definition) is 6. The summed E-state index contributed by atoms with van der Waals surface area (Å²) < 4.78 is 8.49. The number of ether oxygens (including phenoxy) is 1. The minimum absolute atomic E-state index is 0.278. The monoisotopic (exact) mass is 538 g/mol. The van der Waals surface area contributed by atoms with Crippen LogP contribution in [0.1, 0.15) is 28.4 Å². The van der Waals surface area contributed by atoms with E-state index in [9.17, 15) is 4.79 Å². The topological polar surface area (TPSA) is 94.3 Å². The predicted molar refractivity (Wildman–Crippen MR) is 129 cm³/mol. The Bertz CT molecular complexity index is 1210. The Morgan fingerprint density at radius 2 is 1.69 bits per heavy atom. The molecular weight excluding hydrogens is 519 g/mol. The Hall–Kier alpha value is -3.60. The molecule has 0 spiro atoms. The van der Waals surface area contributed by atoms with Crippen molar-refractivity contribution >= 4 is 34.2 Å². The molecule has 8 nitrogen and oxygen atoms in total. The molecule has 1 N–H and O–H groups in total. The van der Waals surface area contributed by atoms with Crippen LogP contribution in [0.25, 0.3) is 5.69 Å². The summed E-state index contributed by atoms with van der Waals surface area (Å²) in [7, 11) is 0. The number of nitrogens with zero attached hydrogens (tertiary/aromatic N) is 5. The van der Waals surface area contributed by atoms with Gasteiger partial charge in [0.2, 0.25) is 0 Å². The zero-order valence-corrected chi connectivity index (χ0v) is 19.3. The van der Waals surface area contributed by atoms with Crippen LogP contribution in [0, 0.1) is 3.57 Å². The van der Waals surface area contributed by atoms with Gasteiger partial charge in [-0.05, 0) is 99.6 Å². The first-order valence-electron chi connectivity index (χ1n) is 9.74. The van der Waals surface area contributed by atoms with Crippen LogP contribution >= 0.6 is 22.6 Å². The van der Waals surface area contributed by atoms with Crippen molar-refractivity contribution in [1.82, 2.24) is 25.6 Å². The molecule has 0 saturated heterocycles. The molecule has 3 aromatic carbocycles. The van der Waals surface area contributed by atoms with E-state index < -0.39 is 0 Å². The maximum absolute atomic E-state index is 12.4. The van der Waals surface area contributed by atoms with Gasteiger partial charge >= 0.3 is 0 Å². The van der Waals surface area contributed by atoms with E-state index in [4.69, 9.17) is 4.74 Å². The van der Waals surface area contributed by atoms with Crippen LogP contribution < -0.4 is 10.2 Å². The van der Waals surface area contributed by atoms with Gasteiger partial charge in [0.1, 0.15) is 18.7 Å². The molecule has 4 rings (SSSR count). The van der Waals surface area contributed by atoms with Gasteiger partial charge < -0.3 is 4.74 Å². The van der Waals surface area contributed by atoms with Crippen LogP contribution in [-0.4, -0.2) is 31.8 Å². The zero-order chi connectivity index (χ0) is 22.3. The fourth-order valence-corrected chi connectivity index (χ4v) is 3.21. The average molecular weight is 538 g/mol. The SMILES string of the molecule is C/C(=N\NC(=O)c1ccc(COc2ccc(I)cc2)cc1)c1ccc(-n2cnnn2)cc1. The van der Waals surface area contributed by atoms with E-state index >= 15 is 0 Å². The predicted octanol–water partition coefficient (Wildman–Crippen LogP) is 4.00. The van der Waals surface area contributed by atoms with Crippen molar-refractivity contribution in [2.75, 3.05) is 0 Å². The maximum atomic E-state index is 12.4. The molecule has 0 radical (unpaired) electrons. The normalized spacial score (nSPS) is 11.2. The van der Waals surface area contributed by atoms with E-state index in [1.165, 1.54) is 6.33 Å². The Balaban J connectivity index is 1.32. The van der Waals surface area contributed by atoms with Crippen molar-refractivity contribution in [3.8, 4) is 11.4 Å². The first-order chi connectivity index (χ1) is 15.6. The van der Waals surface area contributed by atoms with Crippen LogP contribution in [0.15, 0.2) is 84.2 Å². The van der Waals surface area contributed by atoms with Gasteiger partial charge in [0.05, 0.1) is 11.4 Å². The number of nitrogens with one attached hydrogen (secondary N) is 1. The lowest BCUT2D eigenvalue weighted by Crippen LogP contribution is -2.19. The van der Waals surface area contributed by atoms with Crippen LogP contribution in [0.3, 0.4) is 0 Å². The molecule has 1 heterocycles. The summed E-state index contributed by atoms with van der Waals surface area (Å²) in [6, 6.07) is 22.7. The van der Waals surface area contributed by atoms with Gasteiger partial charge in [0.25, 0.3) is 5.91 Å². The lowest BCUT2D eigenvalue weighted by molar-refractivity contribution is 0.0955. The van der Waals surface area contributed by atoms with Crippen molar-refractivity contribution in [3.05, 3.63) is 99.4 Å². The van der Waals surface area contributed by atoms with Crippen LogP contribution in [-0.2, 0) is 6.61 Å². The van der Waals surface area contributed by atoms with Crippen molar-refractivity contribution < 1.29 is 9.53 Å². The van der Waals surface area contributed by atoms with Crippen molar-refractivity contribution in [1.29, 1.82) is 0 Å². The van der Waals surface area contributed by atoms with Crippen molar-refractivity contribution in [3.63, 3.8) is 0 Å². The van der Waals surface area contributed by atoms with Gasteiger partial charge in [0.15, 0.2) is 0 Å². The highest BCUT2D eigenvalue weighted by molar-refractivity contribution is 14.1. The smallest absolute Gasteiger partial charge is 0.271 e. The quantitative estimate of drug-likeness (QED) is 0.218. The third-order valence-corrected chi connectivity index (χ3v) is 5.38. The summed E-state index contributed by atoms with van der Waals surface area (Å²) in [4.78, 5) is 12.4. The fraction of sp³-hybridized carbons (Fsp3) is 0.0870. The fourth-order valence-electron chi connectivity index (χ4n) is 2.85. The number of carbonyl (C=O) groups excluding carboxylic acids is 1. The lowest BCUT2D eigenvalue weighted by Gasteiger charge is -2.07. The number of amides is 1. The van der Waals surface area contributed by atoms with Crippen molar-refractivity contribution in [2.45, 2.75) is 13.5 Å². The molecule has 0 fully saturated rings. The lowest BCUT2D eigenvalue weighted by atomic mass is 10.1. The third kappa shape index (κ3) is 5.55. The Morgan fingerprint density at radius 3 is 2.34 bits per heavy atom.